The van der Waals surface area contributed by atoms with Gasteiger partial charge >= 0.3 is 5.97 Å². The summed E-state index contributed by atoms with van der Waals surface area (Å²) >= 11 is 0. The summed E-state index contributed by atoms with van der Waals surface area (Å²) in [5.41, 5.74) is 2.14. The van der Waals surface area contributed by atoms with Crippen LogP contribution in [0.5, 0.6) is 5.75 Å². The number of carbonyl (C=O) groups is 1. The Labute approximate surface area is 136 Å². The van der Waals surface area contributed by atoms with E-state index in [0.29, 0.717) is 6.61 Å². The van der Waals surface area contributed by atoms with Crippen molar-refractivity contribution in [3.8, 4) is 17.6 Å². The zero-order chi connectivity index (χ0) is 16.5. The number of hydrogen-bond donors (Lipinski definition) is 1. The van der Waals surface area contributed by atoms with Gasteiger partial charge in [-0.1, -0.05) is 48.4 Å². The number of aliphatic carboxylic acids is 1. The van der Waals surface area contributed by atoms with Crippen LogP contribution >= 0.6 is 0 Å². The molecule has 0 aliphatic heterocycles. The third-order valence-electron chi connectivity index (χ3n) is 3.48. The van der Waals surface area contributed by atoms with E-state index in [9.17, 15) is 4.79 Å². The van der Waals surface area contributed by atoms with Crippen molar-refractivity contribution in [2.75, 3.05) is 6.61 Å². The monoisotopic (exact) mass is 308 g/mol. The number of rotatable bonds is 7. The zero-order valence-corrected chi connectivity index (χ0v) is 13.2. The van der Waals surface area contributed by atoms with Gasteiger partial charge in [0.25, 0.3) is 0 Å². The van der Waals surface area contributed by atoms with Crippen molar-refractivity contribution >= 4 is 5.97 Å². The van der Waals surface area contributed by atoms with Crippen molar-refractivity contribution < 1.29 is 14.6 Å². The van der Waals surface area contributed by atoms with Crippen LogP contribution in [0.3, 0.4) is 0 Å². The highest BCUT2D eigenvalue weighted by Gasteiger charge is 2.13. The van der Waals surface area contributed by atoms with Crippen molar-refractivity contribution in [1.82, 2.24) is 0 Å². The molecular weight excluding hydrogens is 288 g/mol. The third kappa shape index (κ3) is 5.52. The van der Waals surface area contributed by atoms with E-state index in [0.717, 1.165) is 17.7 Å². The molecular formula is C20H20O3. The van der Waals surface area contributed by atoms with Gasteiger partial charge in [0.05, 0.1) is 18.9 Å². The van der Waals surface area contributed by atoms with Gasteiger partial charge in [-0.15, -0.1) is 5.92 Å². The van der Waals surface area contributed by atoms with Crippen molar-refractivity contribution in [3.05, 3.63) is 65.7 Å². The van der Waals surface area contributed by atoms with Crippen LogP contribution in [-0.2, 0) is 11.2 Å². The van der Waals surface area contributed by atoms with Gasteiger partial charge in [0, 0.05) is 6.42 Å². The first-order chi connectivity index (χ1) is 11.2. The molecule has 3 heteroatoms. The lowest BCUT2D eigenvalue weighted by molar-refractivity contribution is -0.137. The van der Waals surface area contributed by atoms with Crippen LogP contribution in [0.15, 0.2) is 54.6 Å². The summed E-state index contributed by atoms with van der Waals surface area (Å²) in [6.45, 7) is 2.33. The van der Waals surface area contributed by atoms with Crippen LogP contribution in [-0.4, -0.2) is 17.7 Å². The standard InChI is InChI=1S/C20H20O3/c1-2-6-18(15-20(21)22)17-9-11-19(12-10-17)23-14-13-16-7-4-3-5-8-16/h3-5,7-12,18H,13-15H2,1H3,(H,21,22)/t18-/m0/s1. The van der Waals surface area contributed by atoms with Gasteiger partial charge in [-0.05, 0) is 30.2 Å². The number of benzene rings is 2. The Balaban J connectivity index is 1.92. The lowest BCUT2D eigenvalue weighted by atomic mass is 9.96. The second-order valence-corrected chi connectivity index (χ2v) is 5.20. The van der Waals surface area contributed by atoms with Gasteiger partial charge in [-0.3, -0.25) is 4.79 Å². The second kappa shape index (κ2) is 8.65. The van der Waals surface area contributed by atoms with E-state index < -0.39 is 5.97 Å². The molecule has 0 radical (unpaired) electrons. The molecule has 1 atom stereocenters. The molecule has 0 spiro atoms. The van der Waals surface area contributed by atoms with E-state index in [4.69, 9.17) is 9.84 Å². The van der Waals surface area contributed by atoms with E-state index in [-0.39, 0.29) is 12.3 Å². The molecule has 23 heavy (non-hydrogen) atoms. The molecule has 0 aromatic heterocycles. The van der Waals surface area contributed by atoms with E-state index in [2.05, 4.69) is 24.0 Å². The van der Waals surface area contributed by atoms with Crippen molar-refractivity contribution in [2.24, 2.45) is 0 Å². The quantitative estimate of drug-likeness (QED) is 0.789. The van der Waals surface area contributed by atoms with Gasteiger partial charge in [0.15, 0.2) is 0 Å². The van der Waals surface area contributed by atoms with Gasteiger partial charge < -0.3 is 9.84 Å². The minimum absolute atomic E-state index is 0.00898. The molecule has 0 aliphatic rings. The van der Waals surface area contributed by atoms with Gasteiger partial charge in [0.1, 0.15) is 5.75 Å². The Morgan fingerprint density at radius 1 is 1.13 bits per heavy atom. The van der Waals surface area contributed by atoms with Crippen LogP contribution in [0.1, 0.15) is 30.4 Å². The maximum absolute atomic E-state index is 10.9. The largest absolute Gasteiger partial charge is 0.493 e. The van der Waals surface area contributed by atoms with Crippen LogP contribution in [0.2, 0.25) is 0 Å². The third-order valence-corrected chi connectivity index (χ3v) is 3.48. The van der Waals surface area contributed by atoms with Crippen molar-refractivity contribution in [2.45, 2.75) is 25.7 Å². The number of ether oxygens (including phenoxy) is 1. The molecule has 3 nitrogen and oxygen atoms in total. The van der Waals surface area contributed by atoms with E-state index in [1.807, 2.05) is 42.5 Å². The van der Waals surface area contributed by atoms with Gasteiger partial charge in [0.2, 0.25) is 0 Å². The fraction of sp³-hybridized carbons (Fsp3) is 0.250. The van der Waals surface area contributed by atoms with Crippen molar-refractivity contribution in [1.29, 1.82) is 0 Å². The molecule has 0 unspecified atom stereocenters. The average Bonchev–Trinajstić information content (AvgIpc) is 2.56. The highest BCUT2D eigenvalue weighted by Crippen LogP contribution is 2.22. The van der Waals surface area contributed by atoms with Crippen molar-refractivity contribution in [3.63, 3.8) is 0 Å². The second-order valence-electron chi connectivity index (χ2n) is 5.20. The smallest absolute Gasteiger partial charge is 0.304 e. The Morgan fingerprint density at radius 3 is 2.43 bits per heavy atom. The molecule has 118 valence electrons. The average molecular weight is 308 g/mol. The lowest BCUT2D eigenvalue weighted by Crippen LogP contribution is -2.05. The highest BCUT2D eigenvalue weighted by atomic mass is 16.5. The van der Waals surface area contributed by atoms with E-state index in [1.54, 1.807) is 6.92 Å². The maximum Gasteiger partial charge on any atom is 0.304 e. The fourth-order valence-electron chi connectivity index (χ4n) is 2.33. The molecule has 0 amide bonds. The minimum atomic E-state index is -0.846. The maximum atomic E-state index is 10.9. The topological polar surface area (TPSA) is 46.5 Å². The molecule has 0 aliphatic carbocycles. The first-order valence-electron chi connectivity index (χ1n) is 7.60. The Bertz CT molecular complexity index is 678. The molecule has 2 rings (SSSR count). The molecule has 0 fully saturated rings. The fourth-order valence-corrected chi connectivity index (χ4v) is 2.33. The summed E-state index contributed by atoms with van der Waals surface area (Å²) in [7, 11) is 0. The summed E-state index contributed by atoms with van der Waals surface area (Å²) in [5, 5.41) is 8.96. The van der Waals surface area contributed by atoms with E-state index in [1.165, 1.54) is 5.56 Å². The molecule has 0 saturated carbocycles. The van der Waals surface area contributed by atoms with Crippen LogP contribution in [0, 0.1) is 11.8 Å². The predicted octanol–water partition coefficient (Wildman–Crippen LogP) is 3.89. The normalized spacial score (nSPS) is 11.2. The SMILES string of the molecule is CC#C[C@@H](CC(=O)O)c1ccc(OCCc2ccccc2)cc1. The number of hydrogen-bond acceptors (Lipinski definition) is 2. The summed E-state index contributed by atoms with van der Waals surface area (Å²) in [6, 6.07) is 17.7. The molecule has 2 aromatic rings. The first kappa shape index (κ1) is 16.6. The van der Waals surface area contributed by atoms with Gasteiger partial charge in [-0.2, -0.15) is 0 Å². The highest BCUT2D eigenvalue weighted by molar-refractivity contribution is 5.69. The van der Waals surface area contributed by atoms with Crippen LogP contribution in [0.25, 0.3) is 0 Å². The predicted molar refractivity (Wildman–Crippen MR) is 90.5 cm³/mol. The van der Waals surface area contributed by atoms with Crippen LogP contribution < -0.4 is 4.74 Å². The molecule has 2 aromatic carbocycles. The number of carboxylic acids is 1. The summed E-state index contributed by atoms with van der Waals surface area (Å²) in [5.74, 6) is 5.39. The first-order valence-corrected chi connectivity index (χ1v) is 7.60. The van der Waals surface area contributed by atoms with Crippen LogP contribution in [0.4, 0.5) is 0 Å². The Morgan fingerprint density at radius 2 is 1.83 bits per heavy atom. The lowest BCUT2D eigenvalue weighted by Gasteiger charge is -2.11. The Kier molecular flexibility index (Phi) is 6.26. The zero-order valence-electron chi connectivity index (χ0n) is 13.2. The molecule has 0 heterocycles. The molecule has 1 N–H and O–H groups in total. The summed E-state index contributed by atoms with van der Waals surface area (Å²) in [4.78, 5) is 10.9. The molecule has 0 bridgehead atoms. The summed E-state index contributed by atoms with van der Waals surface area (Å²) < 4.78 is 5.73. The Hall–Kier alpha value is -2.73. The summed E-state index contributed by atoms with van der Waals surface area (Å²) in [6.07, 6.45) is 0.862. The number of carboxylic acid groups (broad SMARTS) is 1. The molecule has 0 saturated heterocycles. The minimum Gasteiger partial charge on any atom is -0.493 e. The van der Waals surface area contributed by atoms with Gasteiger partial charge in [-0.25, -0.2) is 0 Å². The van der Waals surface area contributed by atoms with E-state index >= 15 is 0 Å².